The second-order valence-corrected chi connectivity index (χ2v) is 6.78. The van der Waals surface area contributed by atoms with Gasteiger partial charge in [-0.3, -0.25) is 0 Å². The molecule has 1 heterocycles. The summed E-state index contributed by atoms with van der Waals surface area (Å²) >= 11 is 0. The molecule has 24 heavy (non-hydrogen) atoms. The van der Waals surface area contributed by atoms with Crippen LogP contribution in [-0.4, -0.2) is 47.9 Å². The third-order valence-corrected chi connectivity index (χ3v) is 5.55. The highest BCUT2D eigenvalue weighted by atomic mass is 19.1. The smallest absolute Gasteiger partial charge is 0.321 e. The minimum atomic E-state index is -0.428. The van der Waals surface area contributed by atoms with Gasteiger partial charge in [0.15, 0.2) is 0 Å². The molecule has 0 bridgehead atoms. The van der Waals surface area contributed by atoms with Gasteiger partial charge < -0.3 is 20.1 Å². The lowest BCUT2D eigenvalue weighted by Crippen LogP contribution is -2.63. The number of halogens is 1. The van der Waals surface area contributed by atoms with Gasteiger partial charge in [0.25, 0.3) is 0 Å². The third kappa shape index (κ3) is 2.89. The van der Waals surface area contributed by atoms with Crippen LogP contribution in [0.1, 0.15) is 31.7 Å². The molecule has 0 radical (unpaired) electrons. The van der Waals surface area contributed by atoms with Gasteiger partial charge in [0.1, 0.15) is 5.82 Å². The Balaban J connectivity index is 1.61. The molecule has 132 valence electrons. The summed E-state index contributed by atoms with van der Waals surface area (Å²) in [5, 5.41) is 12.9. The number of aliphatic hydroxyl groups excluding tert-OH is 1. The molecule has 1 aromatic rings. The largest absolute Gasteiger partial charge is 0.392 e. The second-order valence-electron chi connectivity index (χ2n) is 6.78. The van der Waals surface area contributed by atoms with E-state index in [1.807, 2.05) is 6.92 Å². The van der Waals surface area contributed by atoms with Gasteiger partial charge in [0.2, 0.25) is 0 Å². The van der Waals surface area contributed by atoms with E-state index in [0.717, 1.165) is 0 Å². The van der Waals surface area contributed by atoms with Crippen LogP contribution >= 0.6 is 0 Å². The minimum Gasteiger partial charge on any atom is -0.392 e. The molecule has 1 saturated heterocycles. The molecule has 1 aliphatic carbocycles. The van der Waals surface area contributed by atoms with Crippen molar-refractivity contribution >= 4 is 11.7 Å². The van der Waals surface area contributed by atoms with Crippen LogP contribution in [0.5, 0.6) is 0 Å². The van der Waals surface area contributed by atoms with E-state index in [1.165, 1.54) is 6.07 Å². The van der Waals surface area contributed by atoms with Crippen molar-refractivity contribution < 1.29 is 19.0 Å². The van der Waals surface area contributed by atoms with E-state index in [-0.39, 0.29) is 29.3 Å². The van der Waals surface area contributed by atoms with Crippen molar-refractivity contribution in [3.05, 3.63) is 29.6 Å². The number of rotatable bonds is 3. The molecule has 1 saturated carbocycles. The van der Waals surface area contributed by atoms with Crippen molar-refractivity contribution in [1.82, 2.24) is 4.90 Å². The van der Waals surface area contributed by atoms with E-state index in [2.05, 4.69) is 5.32 Å². The zero-order valence-electron chi connectivity index (χ0n) is 14.2. The number of carbonyl (C=O) groups excluding carboxylic acids is 1. The predicted octanol–water partition coefficient (Wildman–Crippen LogP) is 2.92. The molecule has 2 aliphatic rings. The number of piperidine rings is 1. The maximum Gasteiger partial charge on any atom is 0.321 e. The van der Waals surface area contributed by atoms with E-state index in [0.29, 0.717) is 44.5 Å². The fourth-order valence-electron chi connectivity index (χ4n) is 3.92. The molecule has 2 atom stereocenters. The fourth-order valence-corrected chi connectivity index (χ4v) is 3.92. The van der Waals surface area contributed by atoms with Crippen LogP contribution in [0.15, 0.2) is 18.2 Å². The molecule has 5 nitrogen and oxygen atoms in total. The van der Waals surface area contributed by atoms with Gasteiger partial charge >= 0.3 is 6.03 Å². The van der Waals surface area contributed by atoms with Crippen molar-refractivity contribution in [2.75, 3.05) is 25.0 Å². The average molecular weight is 336 g/mol. The number of urea groups is 1. The highest BCUT2D eigenvalue weighted by Gasteiger charge is 2.56. The lowest BCUT2D eigenvalue weighted by molar-refractivity contribution is -0.207. The van der Waals surface area contributed by atoms with Gasteiger partial charge in [-0.15, -0.1) is 0 Å². The van der Waals surface area contributed by atoms with Gasteiger partial charge in [0.05, 0.1) is 17.9 Å². The minimum absolute atomic E-state index is 0.0801. The van der Waals surface area contributed by atoms with E-state index >= 15 is 0 Å². The third-order valence-electron chi connectivity index (χ3n) is 5.55. The number of aryl methyl sites for hydroxylation is 1. The Hall–Kier alpha value is -1.66. The van der Waals surface area contributed by atoms with Crippen LogP contribution in [0, 0.1) is 18.2 Å². The van der Waals surface area contributed by atoms with Crippen molar-refractivity contribution in [2.45, 2.75) is 45.3 Å². The van der Waals surface area contributed by atoms with Gasteiger partial charge in [-0.25, -0.2) is 9.18 Å². The monoisotopic (exact) mass is 336 g/mol. The van der Waals surface area contributed by atoms with E-state index in [4.69, 9.17) is 4.74 Å². The molecule has 6 heteroatoms. The number of hydrogen-bond acceptors (Lipinski definition) is 3. The molecule has 1 aliphatic heterocycles. The summed E-state index contributed by atoms with van der Waals surface area (Å²) in [6.45, 7) is 5.44. The number of anilines is 1. The molecule has 2 amide bonds. The summed E-state index contributed by atoms with van der Waals surface area (Å²) < 4.78 is 19.6. The van der Waals surface area contributed by atoms with E-state index in [9.17, 15) is 14.3 Å². The fraction of sp³-hybridized carbons (Fsp3) is 0.611. The lowest BCUT2D eigenvalue weighted by Gasteiger charge is -2.56. The SMILES string of the molecule is CCO[C@H]1C[C@@H](O)C12CCN(C(=O)Nc1c(C)cccc1F)CC2. The highest BCUT2D eigenvalue weighted by Crippen LogP contribution is 2.50. The number of benzene rings is 1. The lowest BCUT2D eigenvalue weighted by atomic mass is 9.58. The first-order chi connectivity index (χ1) is 11.5. The summed E-state index contributed by atoms with van der Waals surface area (Å²) in [7, 11) is 0. The first-order valence-corrected chi connectivity index (χ1v) is 8.58. The van der Waals surface area contributed by atoms with Gasteiger partial charge in [0, 0.05) is 31.5 Å². The summed E-state index contributed by atoms with van der Waals surface area (Å²) in [6, 6.07) is 4.43. The number of amides is 2. The molecule has 2 N–H and O–H groups in total. The number of ether oxygens (including phenoxy) is 1. The van der Waals surface area contributed by atoms with Crippen LogP contribution in [0.2, 0.25) is 0 Å². The molecule has 3 rings (SSSR count). The molecular formula is C18H25FN2O3. The quantitative estimate of drug-likeness (QED) is 0.892. The van der Waals surface area contributed by atoms with E-state index in [1.54, 1.807) is 24.0 Å². The predicted molar refractivity (Wildman–Crippen MR) is 89.4 cm³/mol. The van der Waals surface area contributed by atoms with Crippen LogP contribution in [0.4, 0.5) is 14.9 Å². The van der Waals surface area contributed by atoms with Crippen molar-refractivity contribution in [1.29, 1.82) is 0 Å². The molecule has 1 spiro atoms. The molecule has 0 unspecified atom stereocenters. The van der Waals surface area contributed by atoms with Crippen LogP contribution < -0.4 is 5.32 Å². The normalized spacial score (nSPS) is 25.4. The van der Waals surface area contributed by atoms with E-state index < -0.39 is 5.82 Å². The number of para-hydroxylation sites is 1. The Kier molecular flexibility index (Phi) is 4.78. The van der Waals surface area contributed by atoms with Crippen molar-refractivity contribution in [2.24, 2.45) is 5.41 Å². The first kappa shape index (κ1) is 17.2. The molecule has 0 aromatic heterocycles. The number of carbonyl (C=O) groups is 1. The standard InChI is InChI=1S/C18H25FN2O3/c1-3-24-15-11-14(22)18(15)7-9-21(10-8-18)17(23)20-16-12(2)5-4-6-13(16)19/h4-6,14-15,22H,3,7-11H2,1-2H3,(H,20,23)/t14-,15+/m1/s1. The summed E-state index contributed by atoms with van der Waals surface area (Å²) in [5.41, 5.74) is 0.710. The van der Waals surface area contributed by atoms with Crippen LogP contribution in [0.3, 0.4) is 0 Å². The van der Waals surface area contributed by atoms with Crippen molar-refractivity contribution in [3.63, 3.8) is 0 Å². The van der Waals surface area contributed by atoms with Gasteiger partial charge in [-0.2, -0.15) is 0 Å². The topological polar surface area (TPSA) is 61.8 Å². The van der Waals surface area contributed by atoms with Crippen LogP contribution in [0.25, 0.3) is 0 Å². The Morgan fingerprint density at radius 2 is 2.17 bits per heavy atom. The average Bonchev–Trinajstić information content (AvgIpc) is 2.58. The maximum atomic E-state index is 13.9. The Labute approximate surface area is 141 Å². The molecular weight excluding hydrogens is 311 g/mol. The zero-order chi connectivity index (χ0) is 17.3. The Bertz CT molecular complexity index is 592. The summed E-state index contributed by atoms with van der Waals surface area (Å²) in [5.74, 6) is -0.428. The number of likely N-dealkylation sites (tertiary alicyclic amines) is 1. The summed E-state index contributed by atoms with van der Waals surface area (Å²) in [6.07, 6.45) is 1.82. The number of nitrogens with zero attached hydrogens (tertiary/aromatic N) is 1. The Morgan fingerprint density at radius 3 is 2.75 bits per heavy atom. The number of hydrogen-bond donors (Lipinski definition) is 2. The zero-order valence-corrected chi connectivity index (χ0v) is 14.2. The Morgan fingerprint density at radius 1 is 1.46 bits per heavy atom. The van der Waals surface area contributed by atoms with Crippen LogP contribution in [-0.2, 0) is 4.74 Å². The molecule has 1 aromatic carbocycles. The summed E-state index contributed by atoms with van der Waals surface area (Å²) in [4.78, 5) is 14.1. The van der Waals surface area contributed by atoms with Gasteiger partial charge in [-0.1, -0.05) is 12.1 Å². The first-order valence-electron chi connectivity index (χ1n) is 8.58. The van der Waals surface area contributed by atoms with Gasteiger partial charge in [-0.05, 0) is 38.3 Å². The molecule has 2 fully saturated rings. The van der Waals surface area contributed by atoms with Crippen molar-refractivity contribution in [3.8, 4) is 0 Å². The second kappa shape index (κ2) is 6.69. The number of nitrogens with one attached hydrogen (secondary N) is 1. The number of aliphatic hydroxyl groups is 1. The maximum absolute atomic E-state index is 13.9. The highest BCUT2D eigenvalue weighted by molar-refractivity contribution is 5.90.